The third-order valence-electron chi connectivity index (χ3n) is 6.98. The van der Waals surface area contributed by atoms with Crippen molar-refractivity contribution in [2.45, 2.75) is 51.0 Å². The fourth-order valence-corrected chi connectivity index (χ4v) is 5.22. The monoisotopic (exact) mass is 390 g/mol. The van der Waals surface area contributed by atoms with Crippen LogP contribution >= 0.6 is 0 Å². The zero-order valence-electron chi connectivity index (χ0n) is 17.9. The summed E-state index contributed by atoms with van der Waals surface area (Å²) < 4.78 is 0. The predicted octanol–water partition coefficient (Wildman–Crippen LogP) is 5.12. The molecule has 2 aromatic rings. The van der Waals surface area contributed by atoms with E-state index in [4.69, 9.17) is 0 Å². The van der Waals surface area contributed by atoms with Crippen LogP contribution in [0.25, 0.3) is 0 Å². The zero-order chi connectivity index (χ0) is 20.2. The molecule has 0 spiro atoms. The average molecular weight is 391 g/mol. The maximum absolute atomic E-state index is 13.2. The summed E-state index contributed by atoms with van der Waals surface area (Å²) in [6.07, 6.45) is 6.76. The minimum absolute atomic E-state index is 0.175. The Kier molecular flexibility index (Phi) is 6.34. The van der Waals surface area contributed by atoms with Crippen LogP contribution < -0.4 is 0 Å². The van der Waals surface area contributed by atoms with E-state index in [1.807, 2.05) is 24.3 Å². The molecule has 1 heterocycles. The topological polar surface area (TPSA) is 23.6 Å². The minimum Gasteiger partial charge on any atom is -0.338 e. The Balaban J connectivity index is 1.51. The van der Waals surface area contributed by atoms with Crippen molar-refractivity contribution in [1.82, 2.24) is 9.80 Å². The number of hydrogen-bond donors (Lipinski definition) is 0. The van der Waals surface area contributed by atoms with Crippen LogP contribution in [-0.4, -0.2) is 48.4 Å². The number of rotatable bonds is 5. The number of hydrogen-bond acceptors (Lipinski definition) is 2. The van der Waals surface area contributed by atoms with E-state index in [2.05, 4.69) is 54.1 Å². The summed E-state index contributed by atoms with van der Waals surface area (Å²) in [5.74, 6) is 1.07. The zero-order valence-corrected chi connectivity index (χ0v) is 17.9. The predicted molar refractivity (Wildman–Crippen MR) is 119 cm³/mol. The number of likely N-dealkylation sites (tertiary alicyclic amines) is 1. The molecule has 0 unspecified atom stereocenters. The average Bonchev–Trinajstić information content (AvgIpc) is 3.19. The van der Waals surface area contributed by atoms with Crippen LogP contribution in [0.3, 0.4) is 0 Å². The lowest BCUT2D eigenvalue weighted by molar-refractivity contribution is 0.0780. The first-order valence-electron chi connectivity index (χ1n) is 11.2. The summed E-state index contributed by atoms with van der Waals surface area (Å²) in [6.45, 7) is 4.80. The summed E-state index contributed by atoms with van der Waals surface area (Å²) in [5.41, 5.74) is 3.37. The normalized spacial score (nSPS) is 22.9. The molecule has 0 N–H and O–H groups in total. The van der Waals surface area contributed by atoms with Crippen molar-refractivity contribution in [3.63, 3.8) is 0 Å². The standard InChI is InChI=1S/C26H34N2O/c1-20-13-15-22(16-14-20)26(29)28-18-23(17-27(2)24-11-7-4-8-12-24)25(19-28)21-9-5-3-6-10-21/h3,5-6,9-10,13-16,23-25H,4,7-8,11-12,17-19H2,1-2H3/t23-,25+/m0/s1. The van der Waals surface area contributed by atoms with Crippen LogP contribution in [0.2, 0.25) is 0 Å². The van der Waals surface area contributed by atoms with Gasteiger partial charge in [-0.25, -0.2) is 0 Å². The third kappa shape index (κ3) is 4.72. The van der Waals surface area contributed by atoms with Crippen molar-refractivity contribution in [2.24, 2.45) is 5.92 Å². The Morgan fingerprint density at radius 3 is 2.34 bits per heavy atom. The minimum atomic E-state index is 0.175. The Hall–Kier alpha value is -2.13. The van der Waals surface area contributed by atoms with E-state index in [1.54, 1.807) is 0 Å². The van der Waals surface area contributed by atoms with Gasteiger partial charge < -0.3 is 9.80 Å². The van der Waals surface area contributed by atoms with E-state index in [9.17, 15) is 4.79 Å². The molecule has 154 valence electrons. The van der Waals surface area contributed by atoms with Gasteiger partial charge in [0.1, 0.15) is 0 Å². The van der Waals surface area contributed by atoms with Gasteiger partial charge in [0, 0.05) is 37.2 Å². The van der Waals surface area contributed by atoms with Gasteiger partial charge in [0.15, 0.2) is 0 Å². The van der Waals surface area contributed by atoms with Gasteiger partial charge in [-0.1, -0.05) is 67.3 Å². The number of carbonyl (C=O) groups excluding carboxylic acids is 1. The second-order valence-electron chi connectivity index (χ2n) is 9.08. The fraction of sp³-hybridized carbons (Fsp3) is 0.500. The molecule has 1 saturated carbocycles. The van der Waals surface area contributed by atoms with Gasteiger partial charge in [0.05, 0.1) is 0 Å². The molecule has 29 heavy (non-hydrogen) atoms. The van der Waals surface area contributed by atoms with Crippen LogP contribution in [0.1, 0.15) is 59.5 Å². The second-order valence-corrected chi connectivity index (χ2v) is 9.08. The van der Waals surface area contributed by atoms with Crippen LogP contribution in [0.15, 0.2) is 54.6 Å². The second kappa shape index (κ2) is 9.13. The number of amides is 1. The molecule has 1 saturated heterocycles. The summed E-state index contributed by atoms with van der Waals surface area (Å²) >= 11 is 0. The summed E-state index contributed by atoms with van der Waals surface area (Å²) in [5, 5.41) is 0. The van der Waals surface area contributed by atoms with Crippen molar-refractivity contribution in [1.29, 1.82) is 0 Å². The van der Waals surface area contributed by atoms with E-state index in [0.29, 0.717) is 17.9 Å². The summed E-state index contributed by atoms with van der Waals surface area (Å²) in [6, 6.07) is 19.5. The lowest BCUT2D eigenvalue weighted by Crippen LogP contribution is -2.38. The number of carbonyl (C=O) groups is 1. The first kappa shape index (κ1) is 20.2. The Morgan fingerprint density at radius 2 is 1.66 bits per heavy atom. The molecule has 2 aliphatic rings. The van der Waals surface area contributed by atoms with Crippen LogP contribution in [0, 0.1) is 12.8 Å². The Labute approximate surface area is 175 Å². The highest BCUT2D eigenvalue weighted by molar-refractivity contribution is 5.94. The first-order chi connectivity index (χ1) is 14.1. The molecule has 2 fully saturated rings. The smallest absolute Gasteiger partial charge is 0.253 e. The molecule has 0 aromatic heterocycles. The molecule has 3 heteroatoms. The van der Waals surface area contributed by atoms with Crippen LogP contribution in [-0.2, 0) is 0 Å². The molecule has 3 nitrogen and oxygen atoms in total. The molecule has 0 bridgehead atoms. The molecule has 2 atom stereocenters. The highest BCUT2D eigenvalue weighted by atomic mass is 16.2. The number of aryl methyl sites for hydroxylation is 1. The van der Waals surface area contributed by atoms with Crippen molar-refractivity contribution >= 4 is 5.91 Å². The quantitative estimate of drug-likeness (QED) is 0.708. The molecule has 1 aliphatic carbocycles. The van der Waals surface area contributed by atoms with Crippen molar-refractivity contribution in [3.8, 4) is 0 Å². The molecular weight excluding hydrogens is 356 g/mol. The highest BCUT2D eigenvalue weighted by Gasteiger charge is 2.37. The van der Waals surface area contributed by atoms with Crippen molar-refractivity contribution < 1.29 is 4.79 Å². The molecule has 1 aliphatic heterocycles. The Morgan fingerprint density at radius 1 is 0.966 bits per heavy atom. The van der Waals surface area contributed by atoms with Crippen molar-refractivity contribution in [2.75, 3.05) is 26.7 Å². The summed E-state index contributed by atoms with van der Waals surface area (Å²) in [4.78, 5) is 17.8. The van der Waals surface area contributed by atoms with Gasteiger partial charge in [-0.3, -0.25) is 4.79 Å². The van der Waals surface area contributed by atoms with E-state index in [1.165, 1.54) is 43.2 Å². The highest BCUT2D eigenvalue weighted by Crippen LogP contribution is 2.35. The van der Waals surface area contributed by atoms with E-state index >= 15 is 0 Å². The SMILES string of the molecule is Cc1ccc(C(=O)N2C[C@H](CN(C)C3CCCCC3)[C@@H](c3ccccc3)C2)cc1. The van der Waals surface area contributed by atoms with Gasteiger partial charge >= 0.3 is 0 Å². The van der Waals surface area contributed by atoms with Gasteiger partial charge in [-0.05, 0) is 50.4 Å². The van der Waals surface area contributed by atoms with Crippen molar-refractivity contribution in [3.05, 3.63) is 71.3 Å². The molecule has 4 rings (SSSR count). The van der Waals surface area contributed by atoms with E-state index in [0.717, 1.165) is 25.2 Å². The third-order valence-corrected chi connectivity index (χ3v) is 6.98. The molecule has 1 amide bonds. The fourth-order valence-electron chi connectivity index (χ4n) is 5.22. The number of nitrogens with zero attached hydrogens (tertiary/aromatic N) is 2. The van der Waals surface area contributed by atoms with Gasteiger partial charge in [0.2, 0.25) is 0 Å². The first-order valence-corrected chi connectivity index (χ1v) is 11.2. The van der Waals surface area contributed by atoms with E-state index < -0.39 is 0 Å². The van der Waals surface area contributed by atoms with Gasteiger partial charge in [-0.2, -0.15) is 0 Å². The van der Waals surface area contributed by atoms with E-state index in [-0.39, 0.29) is 5.91 Å². The maximum Gasteiger partial charge on any atom is 0.253 e. The molecule has 0 radical (unpaired) electrons. The molecule has 2 aromatic carbocycles. The molecular formula is C26H34N2O. The lowest BCUT2D eigenvalue weighted by atomic mass is 9.87. The van der Waals surface area contributed by atoms with Gasteiger partial charge in [0.25, 0.3) is 5.91 Å². The largest absolute Gasteiger partial charge is 0.338 e. The lowest BCUT2D eigenvalue weighted by Gasteiger charge is -2.34. The summed E-state index contributed by atoms with van der Waals surface area (Å²) in [7, 11) is 2.29. The van der Waals surface area contributed by atoms with Crippen LogP contribution in [0.5, 0.6) is 0 Å². The van der Waals surface area contributed by atoms with Crippen LogP contribution in [0.4, 0.5) is 0 Å². The Bertz CT molecular complexity index is 795. The van der Waals surface area contributed by atoms with Gasteiger partial charge in [-0.15, -0.1) is 0 Å². The number of benzene rings is 2. The maximum atomic E-state index is 13.2.